The molecule has 1 aliphatic heterocycles. The zero-order valence-electron chi connectivity index (χ0n) is 9.71. The number of aliphatic carboxylic acids is 1. The smallest absolute Gasteiger partial charge is 0.328 e. The van der Waals surface area contributed by atoms with Crippen LogP contribution in [0.15, 0.2) is 30.4 Å². The molecule has 1 aliphatic rings. The van der Waals surface area contributed by atoms with Gasteiger partial charge in [0.15, 0.2) is 5.78 Å². The Balaban J connectivity index is 2.28. The molecule has 0 atom stereocenters. The van der Waals surface area contributed by atoms with Crippen molar-refractivity contribution in [3.63, 3.8) is 0 Å². The summed E-state index contributed by atoms with van der Waals surface area (Å²) in [6.45, 7) is 0. The van der Waals surface area contributed by atoms with Gasteiger partial charge < -0.3 is 10.0 Å². The number of nitrogens with zero attached hydrogens (tertiary/aromatic N) is 1. The zero-order chi connectivity index (χ0) is 13.3. The minimum absolute atomic E-state index is 0.0179. The number of carbonyl (C=O) groups is 3. The van der Waals surface area contributed by atoms with Crippen LogP contribution >= 0.6 is 0 Å². The Hall–Kier alpha value is -2.43. The summed E-state index contributed by atoms with van der Waals surface area (Å²) in [5, 5.41) is 8.44. The van der Waals surface area contributed by atoms with Crippen LogP contribution in [0, 0.1) is 0 Å². The molecule has 0 spiro atoms. The van der Waals surface area contributed by atoms with Crippen molar-refractivity contribution in [3.05, 3.63) is 41.5 Å². The quantitative estimate of drug-likeness (QED) is 0.637. The Morgan fingerprint density at radius 2 is 2.06 bits per heavy atom. The lowest BCUT2D eigenvalue weighted by molar-refractivity contribution is -0.131. The van der Waals surface area contributed by atoms with Crippen LogP contribution in [0.25, 0.3) is 0 Å². The van der Waals surface area contributed by atoms with E-state index in [1.165, 1.54) is 4.90 Å². The number of hydrogen-bond acceptors (Lipinski definition) is 3. The third-order valence-electron chi connectivity index (χ3n) is 2.82. The number of hydrogen-bond donors (Lipinski definition) is 1. The molecule has 1 aromatic carbocycles. The first-order chi connectivity index (χ1) is 8.49. The van der Waals surface area contributed by atoms with E-state index < -0.39 is 5.97 Å². The van der Waals surface area contributed by atoms with E-state index in [9.17, 15) is 14.4 Å². The number of fused-ring (bicyclic) bond motifs is 1. The van der Waals surface area contributed by atoms with Crippen LogP contribution in [-0.2, 0) is 16.0 Å². The number of rotatable bonds is 3. The molecule has 0 unspecified atom stereocenters. The van der Waals surface area contributed by atoms with E-state index in [2.05, 4.69) is 0 Å². The normalized spacial score (nSPS) is 14.1. The van der Waals surface area contributed by atoms with Crippen molar-refractivity contribution in [2.75, 3.05) is 11.9 Å². The average Bonchev–Trinajstić information content (AvgIpc) is 2.61. The Morgan fingerprint density at radius 1 is 1.33 bits per heavy atom. The van der Waals surface area contributed by atoms with Gasteiger partial charge >= 0.3 is 5.97 Å². The fourth-order valence-electron chi connectivity index (χ4n) is 1.87. The molecule has 5 nitrogen and oxygen atoms in total. The Labute approximate surface area is 103 Å². The molecule has 0 bridgehead atoms. The number of carbonyl (C=O) groups excluding carboxylic acids is 2. The van der Waals surface area contributed by atoms with E-state index in [-0.39, 0.29) is 18.1 Å². The molecule has 5 heteroatoms. The number of allylic oxidation sites excluding steroid dienone is 1. The van der Waals surface area contributed by atoms with E-state index in [0.29, 0.717) is 5.56 Å². The fourth-order valence-corrected chi connectivity index (χ4v) is 1.87. The van der Waals surface area contributed by atoms with Crippen LogP contribution in [-0.4, -0.2) is 29.8 Å². The topological polar surface area (TPSA) is 74.7 Å². The number of likely N-dealkylation sites (N-methyl/N-ethyl adjacent to an activating group) is 1. The third kappa shape index (κ3) is 2.15. The second-order valence-corrected chi connectivity index (χ2v) is 4.01. The molecular formula is C13H11NO4. The first-order valence-corrected chi connectivity index (χ1v) is 5.34. The molecule has 18 heavy (non-hydrogen) atoms. The van der Waals surface area contributed by atoms with Gasteiger partial charge in [0.25, 0.3) is 0 Å². The summed E-state index contributed by atoms with van der Waals surface area (Å²) >= 11 is 0. The first-order valence-electron chi connectivity index (χ1n) is 5.34. The molecule has 0 aromatic heterocycles. The molecule has 1 aromatic rings. The van der Waals surface area contributed by atoms with Gasteiger partial charge in [-0.15, -0.1) is 0 Å². The minimum atomic E-state index is -1.17. The molecule has 0 fully saturated rings. The second kappa shape index (κ2) is 4.44. The van der Waals surface area contributed by atoms with Crippen molar-refractivity contribution >= 4 is 23.3 Å². The SMILES string of the molecule is CN1C(=O)Cc2cc(C(=O)/C=C/C(=O)O)ccc21. The lowest BCUT2D eigenvalue weighted by atomic mass is 10.0. The van der Waals surface area contributed by atoms with E-state index in [1.807, 2.05) is 0 Å². The number of benzene rings is 1. The van der Waals surface area contributed by atoms with Gasteiger partial charge in [0.1, 0.15) is 0 Å². The maximum atomic E-state index is 11.7. The van der Waals surface area contributed by atoms with Crippen molar-refractivity contribution in [1.29, 1.82) is 0 Å². The van der Waals surface area contributed by atoms with Crippen LogP contribution in [0.5, 0.6) is 0 Å². The highest BCUT2D eigenvalue weighted by atomic mass is 16.4. The molecular weight excluding hydrogens is 234 g/mol. The van der Waals surface area contributed by atoms with Gasteiger partial charge in [-0.05, 0) is 29.8 Å². The number of carboxylic acid groups (broad SMARTS) is 1. The van der Waals surface area contributed by atoms with E-state index in [4.69, 9.17) is 5.11 Å². The lowest BCUT2D eigenvalue weighted by Gasteiger charge is -2.09. The van der Waals surface area contributed by atoms with Gasteiger partial charge in [0.2, 0.25) is 5.91 Å². The van der Waals surface area contributed by atoms with E-state index in [0.717, 1.165) is 23.4 Å². The van der Waals surface area contributed by atoms with E-state index >= 15 is 0 Å². The Kier molecular flexibility index (Phi) is 2.97. The summed E-state index contributed by atoms with van der Waals surface area (Å²) in [5.41, 5.74) is 1.96. The molecule has 2 rings (SSSR count). The highest BCUT2D eigenvalue weighted by Gasteiger charge is 2.24. The predicted octanol–water partition coefficient (Wildman–Crippen LogP) is 1.03. The van der Waals surface area contributed by atoms with Crippen LogP contribution in [0.1, 0.15) is 15.9 Å². The fraction of sp³-hybridized carbons (Fsp3) is 0.154. The Bertz CT molecular complexity index is 574. The average molecular weight is 245 g/mol. The summed E-state index contributed by atoms with van der Waals surface area (Å²) < 4.78 is 0. The molecule has 0 aliphatic carbocycles. The molecule has 1 amide bonds. The van der Waals surface area contributed by atoms with Gasteiger partial charge in [-0.25, -0.2) is 4.79 Å². The van der Waals surface area contributed by atoms with Crippen LogP contribution in [0.3, 0.4) is 0 Å². The van der Waals surface area contributed by atoms with Crippen LogP contribution < -0.4 is 4.90 Å². The molecule has 1 heterocycles. The van der Waals surface area contributed by atoms with Crippen molar-refractivity contribution in [2.24, 2.45) is 0 Å². The lowest BCUT2D eigenvalue weighted by Crippen LogP contribution is -2.20. The zero-order valence-corrected chi connectivity index (χ0v) is 9.71. The molecule has 0 saturated carbocycles. The summed E-state index contributed by atoms with van der Waals surface area (Å²) in [6.07, 6.45) is 2.08. The van der Waals surface area contributed by atoms with Crippen molar-refractivity contribution in [1.82, 2.24) is 0 Å². The van der Waals surface area contributed by atoms with Gasteiger partial charge in [-0.3, -0.25) is 9.59 Å². The molecule has 92 valence electrons. The summed E-state index contributed by atoms with van der Waals surface area (Å²) in [4.78, 5) is 35.0. The third-order valence-corrected chi connectivity index (χ3v) is 2.82. The standard InChI is InChI=1S/C13H11NO4/c1-14-10-3-2-8(6-9(10)7-12(14)16)11(15)4-5-13(17)18/h2-6H,7H2,1H3,(H,17,18)/b5-4+. The minimum Gasteiger partial charge on any atom is -0.478 e. The first kappa shape index (κ1) is 12.0. The van der Waals surface area contributed by atoms with Crippen molar-refractivity contribution < 1.29 is 19.5 Å². The van der Waals surface area contributed by atoms with Crippen molar-refractivity contribution in [3.8, 4) is 0 Å². The second-order valence-electron chi connectivity index (χ2n) is 4.01. The Morgan fingerprint density at radius 3 is 2.72 bits per heavy atom. The summed E-state index contributed by atoms with van der Waals surface area (Å²) in [5.74, 6) is -1.57. The van der Waals surface area contributed by atoms with Gasteiger partial charge in [0.05, 0.1) is 6.42 Å². The highest BCUT2D eigenvalue weighted by molar-refractivity contribution is 6.08. The predicted molar refractivity (Wildman–Crippen MR) is 64.7 cm³/mol. The van der Waals surface area contributed by atoms with Crippen molar-refractivity contribution in [2.45, 2.75) is 6.42 Å². The largest absolute Gasteiger partial charge is 0.478 e. The van der Waals surface area contributed by atoms with Gasteiger partial charge in [-0.1, -0.05) is 0 Å². The molecule has 1 N–H and O–H groups in total. The van der Waals surface area contributed by atoms with E-state index in [1.54, 1.807) is 25.2 Å². The number of amides is 1. The number of anilines is 1. The van der Waals surface area contributed by atoms with Crippen LogP contribution in [0.2, 0.25) is 0 Å². The monoisotopic (exact) mass is 245 g/mol. The number of ketones is 1. The summed E-state index contributed by atoms with van der Waals surface area (Å²) in [6, 6.07) is 4.91. The van der Waals surface area contributed by atoms with Crippen LogP contribution in [0.4, 0.5) is 5.69 Å². The maximum absolute atomic E-state index is 11.7. The van der Waals surface area contributed by atoms with Gasteiger partial charge in [-0.2, -0.15) is 0 Å². The summed E-state index contributed by atoms with van der Waals surface area (Å²) in [7, 11) is 1.68. The highest BCUT2D eigenvalue weighted by Crippen LogP contribution is 2.28. The maximum Gasteiger partial charge on any atom is 0.328 e. The molecule has 0 saturated heterocycles. The van der Waals surface area contributed by atoms with Gasteiger partial charge in [0, 0.05) is 24.4 Å². The molecule has 0 radical (unpaired) electrons. The number of carboxylic acids is 1.